The lowest BCUT2D eigenvalue weighted by molar-refractivity contribution is 0.0245. The van der Waals surface area contributed by atoms with Crippen molar-refractivity contribution in [3.8, 4) is 0 Å². The van der Waals surface area contributed by atoms with Crippen molar-refractivity contribution >= 4 is 0 Å². The lowest BCUT2D eigenvalue weighted by Crippen LogP contribution is -2.25. The van der Waals surface area contributed by atoms with Crippen LogP contribution in [0.15, 0.2) is 11.6 Å². The second kappa shape index (κ2) is 4.63. The van der Waals surface area contributed by atoms with Crippen molar-refractivity contribution in [3.05, 3.63) is 11.6 Å². The summed E-state index contributed by atoms with van der Waals surface area (Å²) in [6, 6.07) is 0. The monoisotopic (exact) mass is 170 g/mol. The number of hydrogen-bond acceptors (Lipinski definition) is 2. The largest absolute Gasteiger partial charge is 0.389 e. The Hall–Kier alpha value is -0.340. The van der Waals surface area contributed by atoms with Gasteiger partial charge in [-0.15, -0.1) is 0 Å². The Morgan fingerprint density at radius 2 is 2.00 bits per heavy atom. The third-order valence-electron chi connectivity index (χ3n) is 2.25. The van der Waals surface area contributed by atoms with E-state index in [1.165, 1.54) is 5.57 Å². The zero-order valence-corrected chi connectivity index (χ0v) is 7.92. The van der Waals surface area contributed by atoms with Crippen LogP contribution in [0.1, 0.15) is 26.7 Å². The van der Waals surface area contributed by atoms with Crippen LogP contribution >= 0.6 is 0 Å². The molecule has 1 rings (SSSR count). The normalized spacial score (nSPS) is 21.9. The molecule has 1 aliphatic rings. The number of hydrogen-bond donors (Lipinski definition) is 1. The third-order valence-corrected chi connectivity index (χ3v) is 2.25. The molecular formula is C10H18O2. The molecule has 12 heavy (non-hydrogen) atoms. The van der Waals surface area contributed by atoms with E-state index in [9.17, 15) is 5.11 Å². The van der Waals surface area contributed by atoms with E-state index in [2.05, 4.69) is 0 Å². The van der Waals surface area contributed by atoms with Crippen molar-refractivity contribution in [2.75, 3.05) is 13.2 Å². The van der Waals surface area contributed by atoms with Gasteiger partial charge in [0, 0.05) is 13.2 Å². The van der Waals surface area contributed by atoms with Crippen molar-refractivity contribution in [1.29, 1.82) is 0 Å². The zero-order chi connectivity index (χ0) is 8.97. The smallest absolute Gasteiger partial charge is 0.0753 e. The van der Waals surface area contributed by atoms with Gasteiger partial charge in [-0.2, -0.15) is 0 Å². The van der Waals surface area contributed by atoms with Crippen LogP contribution in [0.25, 0.3) is 0 Å². The summed E-state index contributed by atoms with van der Waals surface area (Å²) in [7, 11) is 0. The van der Waals surface area contributed by atoms with Gasteiger partial charge < -0.3 is 9.84 Å². The summed E-state index contributed by atoms with van der Waals surface area (Å²) in [6.45, 7) is 5.64. The summed E-state index contributed by atoms with van der Waals surface area (Å²) in [6.07, 6.45) is 3.66. The predicted molar refractivity (Wildman–Crippen MR) is 49.0 cm³/mol. The zero-order valence-electron chi connectivity index (χ0n) is 7.92. The van der Waals surface area contributed by atoms with Gasteiger partial charge in [0.15, 0.2) is 0 Å². The van der Waals surface area contributed by atoms with E-state index >= 15 is 0 Å². The molecule has 70 valence electrons. The Balaban J connectivity index is 2.39. The fourth-order valence-corrected chi connectivity index (χ4v) is 1.53. The summed E-state index contributed by atoms with van der Waals surface area (Å²) in [5.41, 5.74) is 1.19. The Morgan fingerprint density at radius 3 is 2.50 bits per heavy atom. The molecule has 0 aliphatic carbocycles. The molecule has 0 bridgehead atoms. The molecule has 1 atom stereocenters. The third kappa shape index (κ3) is 2.95. The van der Waals surface area contributed by atoms with Gasteiger partial charge in [-0.25, -0.2) is 0 Å². The van der Waals surface area contributed by atoms with Gasteiger partial charge in [-0.1, -0.05) is 11.6 Å². The predicted octanol–water partition coefficient (Wildman–Crippen LogP) is 1.74. The Bertz CT molecular complexity index is 153. The second-order valence-corrected chi connectivity index (χ2v) is 3.68. The average Bonchev–Trinajstić information content (AvgIpc) is 2.05. The minimum Gasteiger partial charge on any atom is -0.389 e. The summed E-state index contributed by atoms with van der Waals surface area (Å²) in [5, 5.41) is 9.71. The van der Waals surface area contributed by atoms with Gasteiger partial charge in [0.2, 0.25) is 0 Å². The molecule has 0 aromatic heterocycles. The van der Waals surface area contributed by atoms with E-state index in [1.807, 2.05) is 19.9 Å². The molecule has 0 saturated carbocycles. The molecule has 0 amide bonds. The molecule has 1 N–H and O–H groups in total. The maximum absolute atomic E-state index is 9.71. The first-order chi connectivity index (χ1) is 5.70. The van der Waals surface area contributed by atoms with Crippen molar-refractivity contribution in [2.24, 2.45) is 5.92 Å². The fraction of sp³-hybridized carbons (Fsp3) is 0.800. The van der Waals surface area contributed by atoms with E-state index in [-0.39, 0.29) is 6.10 Å². The van der Waals surface area contributed by atoms with Crippen molar-refractivity contribution in [3.63, 3.8) is 0 Å². The molecule has 0 aromatic carbocycles. The highest BCUT2D eigenvalue weighted by atomic mass is 16.5. The summed E-state index contributed by atoms with van der Waals surface area (Å²) in [4.78, 5) is 0. The van der Waals surface area contributed by atoms with E-state index < -0.39 is 0 Å². The molecule has 1 saturated heterocycles. The van der Waals surface area contributed by atoms with E-state index in [1.54, 1.807) is 0 Å². The first-order valence-electron chi connectivity index (χ1n) is 4.61. The minimum atomic E-state index is -0.265. The van der Waals surface area contributed by atoms with E-state index in [0.29, 0.717) is 5.92 Å². The first kappa shape index (κ1) is 9.75. The Kier molecular flexibility index (Phi) is 3.76. The molecule has 1 aliphatic heterocycles. The second-order valence-electron chi connectivity index (χ2n) is 3.68. The summed E-state index contributed by atoms with van der Waals surface area (Å²) in [5.74, 6) is 0.411. The quantitative estimate of drug-likeness (QED) is 0.640. The van der Waals surface area contributed by atoms with Crippen LogP contribution in [-0.2, 0) is 4.74 Å². The van der Waals surface area contributed by atoms with Crippen LogP contribution in [0.4, 0.5) is 0 Å². The van der Waals surface area contributed by atoms with Crippen LogP contribution < -0.4 is 0 Å². The van der Waals surface area contributed by atoms with Gasteiger partial charge in [-0.3, -0.25) is 0 Å². The molecule has 1 heterocycles. The lowest BCUT2D eigenvalue weighted by atomic mass is 9.93. The van der Waals surface area contributed by atoms with Crippen LogP contribution in [0.3, 0.4) is 0 Å². The minimum absolute atomic E-state index is 0.265. The van der Waals surface area contributed by atoms with Gasteiger partial charge in [0.05, 0.1) is 6.10 Å². The van der Waals surface area contributed by atoms with Crippen LogP contribution in [-0.4, -0.2) is 24.4 Å². The number of rotatable bonds is 2. The maximum Gasteiger partial charge on any atom is 0.0753 e. The van der Waals surface area contributed by atoms with Crippen molar-refractivity contribution < 1.29 is 9.84 Å². The Morgan fingerprint density at radius 1 is 1.42 bits per heavy atom. The van der Waals surface area contributed by atoms with Crippen LogP contribution in [0.2, 0.25) is 0 Å². The lowest BCUT2D eigenvalue weighted by Gasteiger charge is -2.25. The molecule has 2 heteroatoms. The van der Waals surface area contributed by atoms with Crippen LogP contribution in [0, 0.1) is 5.92 Å². The van der Waals surface area contributed by atoms with Gasteiger partial charge in [0.25, 0.3) is 0 Å². The molecule has 1 unspecified atom stereocenters. The highest BCUT2D eigenvalue weighted by Crippen LogP contribution is 2.20. The summed E-state index contributed by atoms with van der Waals surface area (Å²) >= 11 is 0. The average molecular weight is 170 g/mol. The van der Waals surface area contributed by atoms with Gasteiger partial charge in [-0.05, 0) is 32.6 Å². The molecule has 2 nitrogen and oxygen atoms in total. The Labute approximate surface area is 74.2 Å². The van der Waals surface area contributed by atoms with Crippen molar-refractivity contribution in [2.45, 2.75) is 32.8 Å². The van der Waals surface area contributed by atoms with Crippen molar-refractivity contribution in [1.82, 2.24) is 0 Å². The number of aliphatic hydroxyl groups is 1. The number of aliphatic hydroxyl groups excluding tert-OH is 1. The van der Waals surface area contributed by atoms with E-state index in [4.69, 9.17) is 4.74 Å². The van der Waals surface area contributed by atoms with E-state index in [0.717, 1.165) is 26.1 Å². The fourth-order valence-electron chi connectivity index (χ4n) is 1.53. The SMILES string of the molecule is CC(C)=CC(O)C1CCOCC1. The first-order valence-corrected chi connectivity index (χ1v) is 4.61. The molecule has 0 radical (unpaired) electrons. The molecular weight excluding hydrogens is 152 g/mol. The van der Waals surface area contributed by atoms with Crippen LogP contribution in [0.5, 0.6) is 0 Å². The molecule has 1 fully saturated rings. The highest BCUT2D eigenvalue weighted by molar-refractivity contribution is 5.00. The molecule has 0 spiro atoms. The highest BCUT2D eigenvalue weighted by Gasteiger charge is 2.19. The standard InChI is InChI=1S/C10H18O2/c1-8(2)7-10(11)9-3-5-12-6-4-9/h7,9-11H,3-6H2,1-2H3. The molecule has 0 aromatic rings. The van der Waals surface area contributed by atoms with Gasteiger partial charge in [0.1, 0.15) is 0 Å². The summed E-state index contributed by atoms with van der Waals surface area (Å²) < 4.78 is 5.22. The topological polar surface area (TPSA) is 29.5 Å². The van der Waals surface area contributed by atoms with Gasteiger partial charge >= 0.3 is 0 Å². The maximum atomic E-state index is 9.71. The number of ether oxygens (including phenoxy) is 1. The number of allylic oxidation sites excluding steroid dienone is 1.